The Morgan fingerprint density at radius 3 is 0.850 bits per heavy atom. The van der Waals surface area contributed by atoms with Crippen molar-refractivity contribution >= 4 is 33.7 Å². The summed E-state index contributed by atoms with van der Waals surface area (Å²) in [5.41, 5.74) is 0. The average molecular weight is 903 g/mol. The first-order valence-electron chi connectivity index (χ1n) is 23.9. The molecule has 0 heterocycles. The number of hydrogen-bond donors (Lipinski definition) is 2. The maximum absolute atomic E-state index is 10.5. The van der Waals surface area contributed by atoms with Gasteiger partial charge in [-0.05, 0) is 45.8 Å². The lowest BCUT2D eigenvalue weighted by molar-refractivity contribution is -0.842. The molecule has 0 fully saturated rings. The predicted molar refractivity (Wildman–Crippen MR) is 236 cm³/mol. The van der Waals surface area contributed by atoms with E-state index in [0.29, 0.717) is 13.0 Å². The summed E-state index contributed by atoms with van der Waals surface area (Å²) in [6, 6.07) is 0. The first-order valence-corrected chi connectivity index (χ1v) is 26.4. The topological polar surface area (TPSA) is 167 Å². The second-order valence-corrected chi connectivity index (χ2v) is 18.6. The van der Waals surface area contributed by atoms with E-state index >= 15 is 0 Å². The van der Waals surface area contributed by atoms with Crippen LogP contribution in [0.1, 0.15) is 250 Å². The molecule has 0 saturated heterocycles. The van der Waals surface area contributed by atoms with Gasteiger partial charge in [-0.25, -0.2) is 14.6 Å². The molecule has 0 aliphatic carbocycles. The molecule has 0 amide bonds. The van der Waals surface area contributed by atoms with Gasteiger partial charge in [0.05, 0.1) is 6.61 Å². The van der Waals surface area contributed by atoms with Crippen molar-refractivity contribution < 1.29 is 69.9 Å². The standard InChI is InChI=1S/C44H86O14S2/c45-43(46)39-35-31-27-23-19-15-11-9-7-5-3-1-2-4-6-8-10-13-17-21-25-29-33-37-41-59-60-42-38-34-30-26-22-18-14-12-16-20-24-28-32-36-40-49-51-53-55-57-58-56-54-52-50-44(47)48/h1-42H2,(H,45,46)(H,47,48). The minimum absolute atomic E-state index is 0.317. The number of hydrogen-bond acceptors (Lipinski definition) is 14. The number of aliphatic carboxylic acids is 1. The van der Waals surface area contributed by atoms with Gasteiger partial charge in [-0.3, -0.25) is 4.79 Å². The highest BCUT2D eigenvalue weighted by molar-refractivity contribution is 8.76. The van der Waals surface area contributed by atoms with E-state index in [0.717, 1.165) is 32.1 Å². The Hall–Kier alpha value is -0.920. The lowest BCUT2D eigenvalue weighted by atomic mass is 10.0. The quantitative estimate of drug-likeness (QED) is 0.0256. The van der Waals surface area contributed by atoms with Crippen LogP contribution in [0.5, 0.6) is 0 Å². The zero-order valence-corrected chi connectivity index (χ0v) is 38.9. The summed E-state index contributed by atoms with van der Waals surface area (Å²) < 4.78 is 0. The molecule has 0 atom stereocenters. The van der Waals surface area contributed by atoms with E-state index in [1.54, 1.807) is 0 Å². The zero-order chi connectivity index (χ0) is 43.3. The van der Waals surface area contributed by atoms with Gasteiger partial charge in [-0.15, -0.1) is 0 Å². The summed E-state index contributed by atoms with van der Waals surface area (Å²) in [5.74, 6) is 1.97. The van der Waals surface area contributed by atoms with Gasteiger partial charge in [0, 0.05) is 38.1 Å². The number of carboxylic acids is 1. The molecule has 16 heteroatoms. The molecule has 0 rings (SSSR count). The van der Waals surface area contributed by atoms with Crippen LogP contribution in [0.3, 0.4) is 0 Å². The lowest BCUT2D eigenvalue weighted by Gasteiger charge is -2.05. The average Bonchev–Trinajstić information content (AvgIpc) is 3.23. The SMILES string of the molecule is O=C(O)CCCCCCCCCCCCCCCCCCCCCCCCCCSSCCCCCCCCCCCCCCCCOOOOOOOOOOC(=O)O. The van der Waals surface area contributed by atoms with Crippen molar-refractivity contribution in [1.82, 2.24) is 0 Å². The molecule has 0 bridgehead atoms. The summed E-state index contributed by atoms with van der Waals surface area (Å²) in [7, 11) is 4.19. The third-order valence-corrected chi connectivity index (χ3v) is 13.1. The Morgan fingerprint density at radius 1 is 0.300 bits per heavy atom. The highest BCUT2D eigenvalue weighted by Crippen LogP contribution is 2.25. The van der Waals surface area contributed by atoms with Crippen molar-refractivity contribution in [3.63, 3.8) is 0 Å². The van der Waals surface area contributed by atoms with Crippen LogP contribution < -0.4 is 0 Å². The number of unbranched alkanes of at least 4 members (excludes halogenated alkanes) is 36. The lowest BCUT2D eigenvalue weighted by Crippen LogP contribution is -2.05. The highest BCUT2D eigenvalue weighted by atomic mass is 33.1. The van der Waals surface area contributed by atoms with Crippen LogP contribution in [-0.4, -0.2) is 40.5 Å². The van der Waals surface area contributed by atoms with E-state index < -0.39 is 12.1 Å². The fourth-order valence-electron chi connectivity index (χ4n) is 7.05. The third-order valence-electron chi connectivity index (χ3n) is 10.5. The molecular formula is C44H86O14S2. The van der Waals surface area contributed by atoms with Crippen molar-refractivity contribution in [3.8, 4) is 0 Å². The fourth-order valence-corrected chi connectivity index (χ4v) is 9.35. The van der Waals surface area contributed by atoms with Crippen molar-refractivity contribution in [2.45, 2.75) is 250 Å². The molecule has 0 spiro atoms. The van der Waals surface area contributed by atoms with Gasteiger partial charge < -0.3 is 10.2 Å². The largest absolute Gasteiger partial charge is 0.540 e. The Morgan fingerprint density at radius 2 is 0.550 bits per heavy atom. The monoisotopic (exact) mass is 903 g/mol. The maximum atomic E-state index is 10.5. The smallest absolute Gasteiger partial charge is 0.481 e. The second-order valence-electron chi connectivity index (χ2n) is 15.9. The maximum Gasteiger partial charge on any atom is 0.540 e. The van der Waals surface area contributed by atoms with Crippen LogP contribution in [0.25, 0.3) is 0 Å². The highest BCUT2D eigenvalue weighted by Gasteiger charge is 2.02. The molecule has 0 aromatic carbocycles. The van der Waals surface area contributed by atoms with E-state index in [-0.39, 0.29) is 0 Å². The Bertz CT molecular complexity index is 783. The van der Waals surface area contributed by atoms with Crippen LogP contribution >= 0.6 is 21.6 Å². The molecule has 358 valence electrons. The van der Waals surface area contributed by atoms with E-state index in [4.69, 9.17) is 15.1 Å². The Balaban J connectivity index is 3.07. The molecule has 14 nitrogen and oxygen atoms in total. The first-order chi connectivity index (χ1) is 29.6. The van der Waals surface area contributed by atoms with Gasteiger partial charge in [0.2, 0.25) is 0 Å². The van der Waals surface area contributed by atoms with Crippen molar-refractivity contribution in [2.24, 2.45) is 0 Å². The third kappa shape index (κ3) is 57.1. The van der Waals surface area contributed by atoms with Crippen LogP contribution in [-0.2, 0) is 54.9 Å². The molecule has 0 aromatic rings. The normalized spacial score (nSPS) is 11.5. The minimum atomic E-state index is -1.77. The summed E-state index contributed by atoms with van der Waals surface area (Å²) in [5, 5.41) is 46.9. The molecule has 0 saturated carbocycles. The number of carbonyl (C=O) groups is 2. The Kier molecular flexibility index (Phi) is 53.4. The minimum Gasteiger partial charge on any atom is -0.481 e. The van der Waals surface area contributed by atoms with Crippen LogP contribution in [0.4, 0.5) is 4.79 Å². The van der Waals surface area contributed by atoms with Gasteiger partial charge >= 0.3 is 12.1 Å². The number of rotatable bonds is 54. The van der Waals surface area contributed by atoms with Gasteiger partial charge in [0.25, 0.3) is 0 Å². The molecule has 2 N–H and O–H groups in total. The van der Waals surface area contributed by atoms with E-state index in [1.807, 2.05) is 0 Å². The van der Waals surface area contributed by atoms with Gasteiger partial charge in [-0.2, -0.15) is 0 Å². The van der Waals surface area contributed by atoms with Crippen LogP contribution in [0.2, 0.25) is 0 Å². The molecule has 0 aliphatic heterocycles. The second kappa shape index (κ2) is 54.2. The summed E-state index contributed by atoms with van der Waals surface area (Å²) in [6.07, 6.45) is 49.0. The van der Waals surface area contributed by atoms with Crippen molar-refractivity contribution in [2.75, 3.05) is 18.1 Å². The molecule has 0 aliphatic rings. The van der Waals surface area contributed by atoms with Crippen molar-refractivity contribution in [3.05, 3.63) is 0 Å². The van der Waals surface area contributed by atoms with E-state index in [2.05, 4.69) is 66.8 Å². The molecule has 60 heavy (non-hydrogen) atoms. The fraction of sp³-hybridized carbons (Fsp3) is 0.955. The van der Waals surface area contributed by atoms with Crippen LogP contribution in [0, 0.1) is 0 Å². The van der Waals surface area contributed by atoms with E-state index in [1.165, 1.54) is 223 Å². The van der Waals surface area contributed by atoms with Crippen molar-refractivity contribution in [1.29, 1.82) is 0 Å². The number of carboxylic acid groups (broad SMARTS) is 2. The summed E-state index contributed by atoms with van der Waals surface area (Å²) in [4.78, 5) is 28.6. The van der Waals surface area contributed by atoms with Crippen LogP contribution in [0.15, 0.2) is 0 Å². The first kappa shape index (κ1) is 59.1. The molecule has 0 radical (unpaired) electrons. The summed E-state index contributed by atoms with van der Waals surface area (Å²) in [6.45, 7) is 0.317. The van der Waals surface area contributed by atoms with E-state index in [9.17, 15) is 9.59 Å². The predicted octanol–water partition coefficient (Wildman–Crippen LogP) is 15.7. The molecule has 0 aromatic heterocycles. The molecular weight excluding hydrogens is 817 g/mol. The zero-order valence-electron chi connectivity index (χ0n) is 37.3. The molecule has 0 unspecified atom stereocenters. The van der Waals surface area contributed by atoms with Gasteiger partial charge in [0.15, 0.2) is 0 Å². The summed E-state index contributed by atoms with van der Waals surface area (Å²) >= 11 is 0. The van der Waals surface area contributed by atoms with Gasteiger partial charge in [-0.1, -0.05) is 240 Å². The van der Waals surface area contributed by atoms with Gasteiger partial charge in [0.1, 0.15) is 0 Å². The Labute approximate surface area is 370 Å².